The van der Waals surface area contributed by atoms with Crippen molar-refractivity contribution in [1.29, 1.82) is 0 Å². The molecule has 0 saturated heterocycles. The van der Waals surface area contributed by atoms with Crippen molar-refractivity contribution in [1.82, 2.24) is 0 Å². The summed E-state index contributed by atoms with van der Waals surface area (Å²) >= 11 is 0. The highest BCUT2D eigenvalue weighted by Gasteiger charge is 2.31. The fourth-order valence-electron chi connectivity index (χ4n) is 3.29. The Kier molecular flexibility index (Phi) is 5.79. The van der Waals surface area contributed by atoms with Crippen molar-refractivity contribution in [2.45, 2.75) is 62.5 Å². The third kappa shape index (κ3) is 3.70. The Balaban J connectivity index is 2.09. The molecule has 0 radical (unpaired) electrons. The van der Waals surface area contributed by atoms with Crippen molar-refractivity contribution in [2.24, 2.45) is 11.7 Å². The summed E-state index contributed by atoms with van der Waals surface area (Å²) in [6.45, 7) is 4.39. The topological polar surface area (TPSA) is 43.1 Å². The van der Waals surface area contributed by atoms with Gasteiger partial charge in [0.2, 0.25) is 0 Å². The maximum Gasteiger partial charge on any atom is 0.0540 e. The summed E-state index contributed by atoms with van der Waals surface area (Å²) in [5.41, 5.74) is 7.51. The maximum atomic E-state index is 12.9. The van der Waals surface area contributed by atoms with Crippen LogP contribution in [0.25, 0.3) is 0 Å². The van der Waals surface area contributed by atoms with Crippen molar-refractivity contribution in [3.05, 3.63) is 35.9 Å². The first kappa shape index (κ1) is 15.7. The normalized spacial score (nSPS) is 27.8. The van der Waals surface area contributed by atoms with Crippen LogP contribution in [0.1, 0.15) is 57.6 Å². The standard InChI is InChI=1S/C17H27NOS/c1-3-16(17(18)14-9-5-4-6-10-14)20(19)15-11-7-8-13(2)12-15/h4-6,9-10,13,15-17H,3,7-8,11-12,18H2,1-2H3. The van der Waals surface area contributed by atoms with Gasteiger partial charge < -0.3 is 5.73 Å². The van der Waals surface area contributed by atoms with Crippen LogP contribution in [-0.4, -0.2) is 14.7 Å². The fraction of sp³-hybridized carbons (Fsp3) is 0.647. The zero-order valence-corrected chi connectivity index (χ0v) is 13.4. The average Bonchev–Trinajstić information content (AvgIpc) is 2.48. The molecule has 1 aromatic carbocycles. The quantitative estimate of drug-likeness (QED) is 0.897. The van der Waals surface area contributed by atoms with Crippen molar-refractivity contribution in [3.63, 3.8) is 0 Å². The molecule has 2 nitrogen and oxygen atoms in total. The lowest BCUT2D eigenvalue weighted by Crippen LogP contribution is -2.36. The molecule has 0 bridgehead atoms. The molecule has 3 heteroatoms. The molecule has 1 fully saturated rings. The van der Waals surface area contributed by atoms with Crippen LogP contribution in [-0.2, 0) is 10.8 Å². The van der Waals surface area contributed by atoms with E-state index in [1.54, 1.807) is 0 Å². The molecule has 5 unspecified atom stereocenters. The molecule has 0 spiro atoms. The predicted octanol–water partition coefficient (Wildman–Crippen LogP) is 3.79. The van der Waals surface area contributed by atoms with Crippen LogP contribution >= 0.6 is 0 Å². The molecule has 20 heavy (non-hydrogen) atoms. The summed E-state index contributed by atoms with van der Waals surface area (Å²) in [5.74, 6) is 0.711. The van der Waals surface area contributed by atoms with Crippen molar-refractivity contribution in [3.8, 4) is 0 Å². The highest BCUT2D eigenvalue weighted by molar-refractivity contribution is 7.86. The van der Waals surface area contributed by atoms with Crippen molar-refractivity contribution >= 4 is 10.8 Å². The Bertz CT molecular complexity index is 434. The molecule has 112 valence electrons. The summed E-state index contributed by atoms with van der Waals surface area (Å²) in [4.78, 5) is 0. The van der Waals surface area contributed by atoms with E-state index in [0.29, 0.717) is 11.2 Å². The lowest BCUT2D eigenvalue weighted by atomic mass is 9.90. The lowest BCUT2D eigenvalue weighted by molar-refractivity contribution is 0.387. The predicted molar refractivity (Wildman–Crippen MR) is 87.0 cm³/mol. The Hall–Kier alpha value is -0.670. The zero-order valence-electron chi connectivity index (χ0n) is 12.6. The second-order valence-corrected chi connectivity index (χ2v) is 8.03. The smallest absolute Gasteiger partial charge is 0.0540 e. The third-order valence-corrected chi connectivity index (χ3v) is 6.81. The maximum absolute atomic E-state index is 12.9. The van der Waals surface area contributed by atoms with Gasteiger partial charge in [-0.2, -0.15) is 0 Å². The Morgan fingerprint density at radius 2 is 2.00 bits per heavy atom. The van der Waals surface area contributed by atoms with E-state index in [2.05, 4.69) is 13.8 Å². The van der Waals surface area contributed by atoms with Crippen LogP contribution < -0.4 is 5.73 Å². The summed E-state index contributed by atoms with van der Waals surface area (Å²) in [5, 5.41) is 0.422. The molecule has 0 heterocycles. The van der Waals surface area contributed by atoms with Gasteiger partial charge in [0.1, 0.15) is 0 Å². The summed E-state index contributed by atoms with van der Waals surface area (Å²) in [7, 11) is -0.821. The second kappa shape index (κ2) is 7.37. The van der Waals surface area contributed by atoms with Gasteiger partial charge in [-0.15, -0.1) is 0 Å². The van der Waals surface area contributed by atoms with Gasteiger partial charge >= 0.3 is 0 Å². The Morgan fingerprint density at radius 3 is 2.60 bits per heavy atom. The summed E-state index contributed by atoms with van der Waals surface area (Å²) in [6.07, 6.45) is 5.59. The molecule has 2 N–H and O–H groups in total. The SMILES string of the molecule is CCC(C(N)c1ccccc1)S(=O)C1CCCC(C)C1. The van der Waals surface area contributed by atoms with Crippen molar-refractivity contribution in [2.75, 3.05) is 0 Å². The highest BCUT2D eigenvalue weighted by Crippen LogP contribution is 2.31. The highest BCUT2D eigenvalue weighted by atomic mass is 32.2. The average molecular weight is 293 g/mol. The van der Waals surface area contributed by atoms with Crippen LogP contribution in [0.5, 0.6) is 0 Å². The molecule has 0 aromatic heterocycles. The van der Waals surface area contributed by atoms with Gasteiger partial charge in [0.25, 0.3) is 0 Å². The number of hydrogen-bond acceptors (Lipinski definition) is 2. The van der Waals surface area contributed by atoms with Crippen LogP contribution in [0.3, 0.4) is 0 Å². The molecule has 1 aliphatic rings. The Morgan fingerprint density at radius 1 is 1.30 bits per heavy atom. The van der Waals surface area contributed by atoms with Gasteiger partial charge in [-0.25, -0.2) is 0 Å². The molecule has 2 rings (SSSR count). The summed E-state index contributed by atoms with van der Waals surface area (Å²) < 4.78 is 12.9. The monoisotopic (exact) mass is 293 g/mol. The van der Waals surface area contributed by atoms with E-state index in [4.69, 9.17) is 5.73 Å². The summed E-state index contributed by atoms with van der Waals surface area (Å²) in [6, 6.07) is 10.00. The molecule has 5 atom stereocenters. The first-order valence-electron chi connectivity index (χ1n) is 7.83. The molecule has 1 saturated carbocycles. The van der Waals surface area contributed by atoms with Gasteiger partial charge in [-0.3, -0.25) is 4.21 Å². The van der Waals surface area contributed by atoms with Crippen LogP contribution in [0.2, 0.25) is 0 Å². The number of rotatable bonds is 5. The largest absolute Gasteiger partial charge is 0.323 e. The van der Waals surface area contributed by atoms with Gasteiger partial charge in [-0.05, 0) is 30.7 Å². The van der Waals surface area contributed by atoms with Gasteiger partial charge in [0.05, 0.1) is 5.25 Å². The van der Waals surface area contributed by atoms with E-state index >= 15 is 0 Å². The third-order valence-electron chi connectivity index (χ3n) is 4.50. The van der Waals surface area contributed by atoms with E-state index in [1.807, 2.05) is 30.3 Å². The molecule has 1 aromatic rings. The van der Waals surface area contributed by atoms with E-state index in [0.717, 1.165) is 24.8 Å². The van der Waals surface area contributed by atoms with Gasteiger partial charge in [0, 0.05) is 22.1 Å². The number of benzene rings is 1. The first-order valence-corrected chi connectivity index (χ1v) is 9.11. The molecule has 0 amide bonds. The number of nitrogens with two attached hydrogens (primary N) is 1. The second-order valence-electron chi connectivity index (χ2n) is 6.11. The minimum Gasteiger partial charge on any atom is -0.323 e. The van der Waals surface area contributed by atoms with Crippen LogP contribution in [0, 0.1) is 5.92 Å². The first-order chi connectivity index (χ1) is 9.63. The van der Waals surface area contributed by atoms with Gasteiger partial charge in [-0.1, -0.05) is 57.0 Å². The van der Waals surface area contributed by atoms with Gasteiger partial charge in [0.15, 0.2) is 0 Å². The minimum atomic E-state index is -0.821. The Labute approximate surface area is 125 Å². The molecule has 0 aliphatic heterocycles. The lowest BCUT2D eigenvalue weighted by Gasteiger charge is -2.31. The molecular weight excluding hydrogens is 266 g/mol. The van der Waals surface area contributed by atoms with E-state index in [1.165, 1.54) is 12.8 Å². The van der Waals surface area contributed by atoms with Crippen LogP contribution in [0.15, 0.2) is 30.3 Å². The van der Waals surface area contributed by atoms with Crippen molar-refractivity contribution < 1.29 is 4.21 Å². The van der Waals surface area contributed by atoms with E-state index in [-0.39, 0.29) is 11.3 Å². The minimum absolute atomic E-state index is 0.0766. The zero-order chi connectivity index (χ0) is 14.5. The van der Waals surface area contributed by atoms with E-state index < -0.39 is 10.8 Å². The number of hydrogen-bond donors (Lipinski definition) is 1. The molecular formula is C17H27NOS. The van der Waals surface area contributed by atoms with E-state index in [9.17, 15) is 4.21 Å². The van der Waals surface area contributed by atoms with Crippen LogP contribution in [0.4, 0.5) is 0 Å². The molecule has 1 aliphatic carbocycles. The fourth-order valence-corrected chi connectivity index (χ4v) is 5.48.